The molecule has 0 unspecified atom stereocenters. The molecule has 27 heavy (non-hydrogen) atoms. The molecule has 3 rings (SSSR count). The molecular weight excluding hydrogens is 388 g/mol. The number of halogens is 1. The van der Waals surface area contributed by atoms with E-state index in [0.29, 0.717) is 9.90 Å². The molecule has 1 aliphatic rings. The summed E-state index contributed by atoms with van der Waals surface area (Å²) in [5.41, 5.74) is 0. The number of carbonyl (C=O) groups is 3. The Morgan fingerprint density at radius 1 is 1.26 bits per heavy atom. The fourth-order valence-electron chi connectivity index (χ4n) is 3.07. The van der Waals surface area contributed by atoms with Gasteiger partial charge in [0.15, 0.2) is 6.10 Å². The summed E-state index contributed by atoms with van der Waals surface area (Å²) in [5.74, 6) is -1.43. The van der Waals surface area contributed by atoms with E-state index in [1.807, 2.05) is 24.3 Å². The summed E-state index contributed by atoms with van der Waals surface area (Å²) in [4.78, 5) is 36.7. The van der Waals surface area contributed by atoms with E-state index in [1.165, 1.54) is 18.3 Å². The van der Waals surface area contributed by atoms with Crippen molar-refractivity contribution in [3.63, 3.8) is 0 Å². The predicted molar refractivity (Wildman–Crippen MR) is 105 cm³/mol. The monoisotopic (exact) mass is 408 g/mol. The Morgan fingerprint density at radius 2 is 1.96 bits per heavy atom. The van der Waals surface area contributed by atoms with Crippen LogP contribution in [0.25, 0.3) is 10.1 Å². The summed E-state index contributed by atoms with van der Waals surface area (Å²) in [6.45, 7) is 1.19. The molecule has 8 heteroatoms. The van der Waals surface area contributed by atoms with Gasteiger partial charge in [0.1, 0.15) is 11.4 Å². The lowest BCUT2D eigenvalue weighted by Crippen LogP contribution is -2.42. The van der Waals surface area contributed by atoms with Crippen LogP contribution in [0.4, 0.5) is 0 Å². The highest BCUT2D eigenvalue weighted by atomic mass is 35.5. The van der Waals surface area contributed by atoms with E-state index in [2.05, 4.69) is 10.6 Å². The summed E-state index contributed by atoms with van der Waals surface area (Å²) in [5, 5.41) is 6.54. The average molecular weight is 409 g/mol. The number of ether oxygens (including phenoxy) is 1. The van der Waals surface area contributed by atoms with Gasteiger partial charge in [-0.1, -0.05) is 42.6 Å². The Bertz CT molecular complexity index is 861. The number of fused-ring (bicyclic) bond motifs is 1. The first-order valence-electron chi connectivity index (χ1n) is 8.91. The maximum Gasteiger partial charge on any atom is 0.326 e. The van der Waals surface area contributed by atoms with Gasteiger partial charge in [-0.05, 0) is 25.8 Å². The smallest absolute Gasteiger partial charge is 0.326 e. The van der Waals surface area contributed by atoms with Gasteiger partial charge in [0.2, 0.25) is 0 Å². The van der Waals surface area contributed by atoms with Crippen LogP contribution in [0.5, 0.6) is 0 Å². The van der Waals surface area contributed by atoms with Crippen LogP contribution >= 0.6 is 22.9 Å². The first kappa shape index (κ1) is 19.6. The molecule has 144 valence electrons. The van der Waals surface area contributed by atoms with E-state index in [0.717, 1.165) is 35.8 Å². The van der Waals surface area contributed by atoms with Crippen molar-refractivity contribution in [1.29, 1.82) is 0 Å². The third kappa shape index (κ3) is 4.78. The predicted octanol–water partition coefficient (Wildman–Crippen LogP) is 3.28. The Kier molecular flexibility index (Phi) is 6.34. The molecule has 1 saturated carbocycles. The summed E-state index contributed by atoms with van der Waals surface area (Å²) in [6, 6.07) is 7.59. The molecule has 0 bridgehead atoms. The van der Waals surface area contributed by atoms with Crippen LogP contribution in [0.15, 0.2) is 24.3 Å². The minimum atomic E-state index is -0.900. The van der Waals surface area contributed by atoms with Gasteiger partial charge < -0.3 is 15.4 Å². The second-order valence-electron chi connectivity index (χ2n) is 6.55. The normalized spacial score (nSPS) is 15.5. The zero-order valence-corrected chi connectivity index (χ0v) is 16.5. The average Bonchev–Trinajstić information content (AvgIpc) is 3.28. The van der Waals surface area contributed by atoms with Gasteiger partial charge in [-0.2, -0.15) is 0 Å². The first-order valence-corrected chi connectivity index (χ1v) is 10.1. The van der Waals surface area contributed by atoms with Gasteiger partial charge >= 0.3 is 5.97 Å². The molecule has 1 aromatic heterocycles. The van der Waals surface area contributed by atoms with Crippen LogP contribution in [-0.2, 0) is 14.3 Å². The molecule has 2 aromatic rings. The first-order chi connectivity index (χ1) is 13.0. The molecule has 0 saturated heterocycles. The highest BCUT2D eigenvalue weighted by Gasteiger charge is 2.23. The van der Waals surface area contributed by atoms with Crippen molar-refractivity contribution in [2.45, 2.75) is 44.8 Å². The SMILES string of the molecule is C[C@@H](OC(=O)CNC(=O)c1sc2ccccc2c1Cl)C(=O)NC1CCCC1. The second-order valence-corrected chi connectivity index (χ2v) is 7.98. The maximum atomic E-state index is 12.3. The molecule has 1 fully saturated rings. The van der Waals surface area contributed by atoms with Crippen LogP contribution in [0.3, 0.4) is 0 Å². The molecule has 0 radical (unpaired) electrons. The highest BCUT2D eigenvalue weighted by molar-refractivity contribution is 7.21. The van der Waals surface area contributed by atoms with Gasteiger partial charge in [0.25, 0.3) is 11.8 Å². The minimum absolute atomic E-state index is 0.161. The molecule has 1 atom stereocenters. The number of nitrogens with one attached hydrogen (secondary N) is 2. The van der Waals surface area contributed by atoms with E-state index < -0.39 is 18.0 Å². The van der Waals surface area contributed by atoms with Crippen LogP contribution in [0.1, 0.15) is 42.3 Å². The molecule has 2 amide bonds. The van der Waals surface area contributed by atoms with E-state index in [-0.39, 0.29) is 18.5 Å². The molecular formula is C19H21ClN2O4S. The Hall–Kier alpha value is -2.12. The third-order valence-corrected chi connectivity index (χ3v) is 6.19. The molecule has 2 N–H and O–H groups in total. The Balaban J connectivity index is 1.49. The van der Waals surface area contributed by atoms with E-state index in [9.17, 15) is 14.4 Å². The van der Waals surface area contributed by atoms with Gasteiger partial charge in [0.05, 0.1) is 5.02 Å². The number of amides is 2. The number of carbonyl (C=O) groups excluding carboxylic acids is 3. The number of thiophene rings is 1. The van der Waals surface area contributed by atoms with Crippen LogP contribution in [-0.4, -0.2) is 36.5 Å². The Morgan fingerprint density at radius 3 is 2.67 bits per heavy atom. The second kappa shape index (κ2) is 8.71. The Labute approximate surface area is 166 Å². The quantitative estimate of drug-likeness (QED) is 0.718. The number of esters is 1. The van der Waals surface area contributed by atoms with Crippen molar-refractivity contribution in [2.75, 3.05) is 6.54 Å². The van der Waals surface area contributed by atoms with Crippen molar-refractivity contribution in [3.05, 3.63) is 34.2 Å². The zero-order chi connectivity index (χ0) is 19.4. The summed E-state index contributed by atoms with van der Waals surface area (Å²) < 4.78 is 6.00. The van der Waals surface area contributed by atoms with Crippen molar-refractivity contribution in [1.82, 2.24) is 10.6 Å². The number of benzene rings is 1. The zero-order valence-electron chi connectivity index (χ0n) is 14.9. The topological polar surface area (TPSA) is 84.5 Å². The molecule has 1 heterocycles. The van der Waals surface area contributed by atoms with E-state index >= 15 is 0 Å². The van der Waals surface area contributed by atoms with Gasteiger partial charge in [-0.15, -0.1) is 11.3 Å². The number of hydrogen-bond acceptors (Lipinski definition) is 5. The van der Waals surface area contributed by atoms with Crippen molar-refractivity contribution in [3.8, 4) is 0 Å². The lowest BCUT2D eigenvalue weighted by Gasteiger charge is -2.17. The third-order valence-electron chi connectivity index (χ3n) is 4.51. The van der Waals surface area contributed by atoms with E-state index in [4.69, 9.17) is 16.3 Å². The van der Waals surface area contributed by atoms with Crippen molar-refractivity contribution in [2.24, 2.45) is 0 Å². The molecule has 6 nitrogen and oxygen atoms in total. The highest BCUT2D eigenvalue weighted by Crippen LogP contribution is 2.34. The molecule has 1 aliphatic carbocycles. The number of rotatable bonds is 6. The fourth-order valence-corrected chi connectivity index (χ4v) is 4.51. The fraction of sp³-hybridized carbons (Fsp3) is 0.421. The van der Waals surface area contributed by atoms with Crippen molar-refractivity contribution < 1.29 is 19.1 Å². The van der Waals surface area contributed by atoms with Gasteiger partial charge in [-0.3, -0.25) is 14.4 Å². The largest absolute Gasteiger partial charge is 0.451 e. The van der Waals surface area contributed by atoms with Crippen molar-refractivity contribution >= 4 is 50.8 Å². The van der Waals surface area contributed by atoms with Crippen LogP contribution in [0, 0.1) is 0 Å². The van der Waals surface area contributed by atoms with E-state index in [1.54, 1.807) is 0 Å². The summed E-state index contributed by atoms with van der Waals surface area (Å²) in [7, 11) is 0. The summed E-state index contributed by atoms with van der Waals surface area (Å²) in [6.07, 6.45) is 3.22. The van der Waals surface area contributed by atoms with Gasteiger partial charge in [-0.25, -0.2) is 0 Å². The number of hydrogen-bond donors (Lipinski definition) is 2. The van der Waals surface area contributed by atoms with Crippen LogP contribution < -0.4 is 10.6 Å². The standard InChI is InChI=1S/C19H21ClN2O4S/c1-11(18(24)22-12-6-2-3-7-12)26-15(23)10-21-19(25)17-16(20)13-8-4-5-9-14(13)27-17/h4-5,8-9,11-12H,2-3,6-7,10H2,1H3,(H,21,25)(H,22,24)/t11-/m1/s1. The summed E-state index contributed by atoms with van der Waals surface area (Å²) >= 11 is 7.51. The minimum Gasteiger partial charge on any atom is -0.451 e. The lowest BCUT2D eigenvalue weighted by atomic mass is 10.2. The molecule has 0 spiro atoms. The van der Waals surface area contributed by atoms with Gasteiger partial charge in [0, 0.05) is 16.1 Å². The molecule has 1 aromatic carbocycles. The maximum absolute atomic E-state index is 12.3. The lowest BCUT2D eigenvalue weighted by molar-refractivity contribution is -0.154. The molecule has 0 aliphatic heterocycles. The van der Waals surface area contributed by atoms with Crippen LogP contribution in [0.2, 0.25) is 5.02 Å².